The van der Waals surface area contributed by atoms with Crippen LogP contribution in [0, 0.1) is 5.92 Å². The number of aryl methyl sites for hydroxylation is 1. The van der Waals surface area contributed by atoms with Gasteiger partial charge < -0.3 is 14.2 Å². The van der Waals surface area contributed by atoms with Crippen LogP contribution in [-0.4, -0.2) is 65.9 Å². The highest BCUT2D eigenvalue weighted by Crippen LogP contribution is 2.27. The molecule has 10 heteroatoms. The third kappa shape index (κ3) is 5.92. The van der Waals surface area contributed by atoms with E-state index in [0.717, 1.165) is 55.5 Å². The number of ether oxygens (including phenoxy) is 1. The summed E-state index contributed by atoms with van der Waals surface area (Å²) in [6.07, 6.45) is 5.19. The van der Waals surface area contributed by atoms with Gasteiger partial charge in [-0.15, -0.1) is 0 Å². The summed E-state index contributed by atoms with van der Waals surface area (Å²) < 4.78 is 35.9. The van der Waals surface area contributed by atoms with Crippen molar-refractivity contribution in [3.05, 3.63) is 35.2 Å². The maximum absolute atomic E-state index is 12.0. The van der Waals surface area contributed by atoms with Gasteiger partial charge in [0.1, 0.15) is 0 Å². The van der Waals surface area contributed by atoms with Crippen LogP contribution in [0.3, 0.4) is 0 Å². The SMILES string of the molecule is CC(C)OC(=O)N1CCC(CCc2noc(-c3ccc4c(c3)CCN(S(C)(=O)=O)C4)n2)CC1. The van der Waals surface area contributed by atoms with Gasteiger partial charge in [-0.05, 0) is 68.7 Å². The predicted octanol–water partition coefficient (Wildman–Crippen LogP) is 3.24. The number of carbonyl (C=O) groups excluding carboxylic acids is 1. The lowest BCUT2D eigenvalue weighted by Crippen LogP contribution is -2.39. The molecule has 3 heterocycles. The van der Waals surface area contributed by atoms with Crippen molar-refractivity contribution in [3.63, 3.8) is 0 Å². The van der Waals surface area contributed by atoms with E-state index in [-0.39, 0.29) is 12.2 Å². The first-order chi connectivity index (χ1) is 15.7. The van der Waals surface area contributed by atoms with E-state index in [2.05, 4.69) is 10.1 Å². The molecule has 0 unspecified atom stereocenters. The van der Waals surface area contributed by atoms with Gasteiger partial charge in [-0.2, -0.15) is 9.29 Å². The second-order valence-corrected chi connectivity index (χ2v) is 11.2. The maximum atomic E-state index is 12.0. The monoisotopic (exact) mass is 476 g/mol. The topological polar surface area (TPSA) is 106 Å². The number of fused-ring (bicyclic) bond motifs is 1. The zero-order valence-electron chi connectivity index (χ0n) is 19.5. The van der Waals surface area contributed by atoms with E-state index in [1.807, 2.05) is 32.0 Å². The van der Waals surface area contributed by atoms with Crippen LogP contribution in [-0.2, 0) is 34.1 Å². The van der Waals surface area contributed by atoms with Crippen molar-refractivity contribution >= 4 is 16.1 Å². The van der Waals surface area contributed by atoms with Crippen molar-refractivity contribution in [2.24, 2.45) is 5.92 Å². The van der Waals surface area contributed by atoms with Crippen LogP contribution in [0.2, 0.25) is 0 Å². The fourth-order valence-electron chi connectivity index (χ4n) is 4.43. The van der Waals surface area contributed by atoms with Crippen molar-refractivity contribution in [2.45, 2.75) is 58.6 Å². The normalized spacial score (nSPS) is 17.9. The molecule has 9 nitrogen and oxygen atoms in total. The molecule has 180 valence electrons. The Hall–Kier alpha value is -2.46. The molecule has 4 rings (SSSR count). The Morgan fingerprint density at radius 1 is 1.21 bits per heavy atom. The van der Waals surface area contributed by atoms with Crippen LogP contribution in [0.1, 0.15) is 50.1 Å². The van der Waals surface area contributed by atoms with Crippen LogP contribution in [0.25, 0.3) is 11.5 Å². The van der Waals surface area contributed by atoms with Gasteiger partial charge in [-0.1, -0.05) is 11.2 Å². The lowest BCUT2D eigenvalue weighted by molar-refractivity contribution is 0.0647. The minimum atomic E-state index is -3.19. The molecule has 0 spiro atoms. The fourth-order valence-corrected chi connectivity index (χ4v) is 5.23. The summed E-state index contributed by atoms with van der Waals surface area (Å²) in [5.41, 5.74) is 2.99. The Kier molecular flexibility index (Phi) is 7.04. The number of likely N-dealkylation sites (tertiary alicyclic amines) is 1. The number of carbonyl (C=O) groups is 1. The Morgan fingerprint density at radius 2 is 1.97 bits per heavy atom. The van der Waals surface area contributed by atoms with E-state index in [9.17, 15) is 13.2 Å². The zero-order chi connectivity index (χ0) is 23.6. The van der Waals surface area contributed by atoms with Crippen LogP contribution >= 0.6 is 0 Å². The second-order valence-electron chi connectivity index (χ2n) is 9.25. The molecular weight excluding hydrogens is 444 g/mol. The first-order valence-electron chi connectivity index (χ1n) is 11.5. The molecule has 1 aromatic heterocycles. The average molecular weight is 477 g/mol. The highest BCUT2D eigenvalue weighted by molar-refractivity contribution is 7.88. The molecule has 0 aliphatic carbocycles. The molecular formula is C23H32N4O5S. The minimum Gasteiger partial charge on any atom is -0.447 e. The van der Waals surface area contributed by atoms with Gasteiger partial charge in [-0.25, -0.2) is 13.2 Å². The van der Waals surface area contributed by atoms with Gasteiger partial charge in [0, 0.05) is 38.2 Å². The molecule has 0 N–H and O–H groups in total. The van der Waals surface area contributed by atoms with E-state index < -0.39 is 10.0 Å². The van der Waals surface area contributed by atoms with E-state index in [0.29, 0.717) is 37.1 Å². The van der Waals surface area contributed by atoms with Crippen molar-refractivity contribution in [2.75, 3.05) is 25.9 Å². The van der Waals surface area contributed by atoms with E-state index in [1.54, 1.807) is 4.90 Å². The van der Waals surface area contributed by atoms with Gasteiger partial charge in [0.25, 0.3) is 5.89 Å². The van der Waals surface area contributed by atoms with E-state index in [4.69, 9.17) is 9.26 Å². The molecule has 1 saturated heterocycles. The second kappa shape index (κ2) is 9.80. The number of nitrogens with zero attached hydrogens (tertiary/aromatic N) is 4. The summed E-state index contributed by atoms with van der Waals surface area (Å²) in [6.45, 7) is 6.05. The molecule has 33 heavy (non-hydrogen) atoms. The summed E-state index contributed by atoms with van der Waals surface area (Å²) in [6, 6.07) is 5.88. The average Bonchev–Trinajstić information content (AvgIpc) is 3.25. The molecule has 0 radical (unpaired) electrons. The number of hydrogen-bond acceptors (Lipinski definition) is 7. The number of piperidine rings is 1. The van der Waals surface area contributed by atoms with E-state index >= 15 is 0 Å². The molecule has 0 saturated carbocycles. The maximum Gasteiger partial charge on any atom is 0.410 e. The summed E-state index contributed by atoms with van der Waals surface area (Å²) in [5, 5.41) is 4.15. The Bertz CT molecular complexity index is 1090. The molecule has 1 aromatic carbocycles. The quantitative estimate of drug-likeness (QED) is 0.630. The van der Waals surface area contributed by atoms with Crippen molar-refractivity contribution in [1.82, 2.24) is 19.3 Å². The standard InChI is InChI=1S/C23H32N4O5S/c1-16(2)31-23(28)26-11-8-17(9-12-26)4-7-21-24-22(32-25-21)19-5-6-20-15-27(33(3,29)30)13-10-18(20)14-19/h5-6,14,16-17H,4,7-13,15H2,1-3H3. The summed E-state index contributed by atoms with van der Waals surface area (Å²) >= 11 is 0. The van der Waals surface area contributed by atoms with Crippen LogP contribution in [0.4, 0.5) is 4.79 Å². The van der Waals surface area contributed by atoms with E-state index in [1.165, 1.54) is 10.6 Å². The van der Waals surface area contributed by atoms with Crippen molar-refractivity contribution < 1.29 is 22.5 Å². The van der Waals surface area contributed by atoms with Gasteiger partial charge in [0.2, 0.25) is 10.0 Å². The molecule has 2 aliphatic heterocycles. The predicted molar refractivity (Wildman–Crippen MR) is 123 cm³/mol. The third-order valence-corrected chi connectivity index (χ3v) is 7.60. The van der Waals surface area contributed by atoms with Crippen molar-refractivity contribution in [1.29, 1.82) is 0 Å². The van der Waals surface area contributed by atoms with Crippen LogP contribution in [0.5, 0.6) is 0 Å². The first-order valence-corrected chi connectivity index (χ1v) is 13.4. The fraction of sp³-hybridized carbons (Fsp3) is 0.609. The Morgan fingerprint density at radius 3 is 2.67 bits per heavy atom. The van der Waals surface area contributed by atoms with Gasteiger partial charge >= 0.3 is 6.09 Å². The molecule has 0 atom stereocenters. The number of rotatable bonds is 6. The number of hydrogen-bond donors (Lipinski definition) is 0. The highest BCUT2D eigenvalue weighted by Gasteiger charge is 2.26. The number of benzene rings is 1. The highest BCUT2D eigenvalue weighted by atomic mass is 32.2. The number of amides is 1. The largest absolute Gasteiger partial charge is 0.447 e. The van der Waals surface area contributed by atoms with Gasteiger partial charge in [0.05, 0.1) is 12.4 Å². The molecule has 1 fully saturated rings. The lowest BCUT2D eigenvalue weighted by Gasteiger charge is -2.31. The molecule has 2 aliphatic rings. The summed E-state index contributed by atoms with van der Waals surface area (Å²) in [7, 11) is -3.19. The molecule has 1 amide bonds. The Balaban J connectivity index is 1.30. The third-order valence-electron chi connectivity index (χ3n) is 6.35. The molecule has 0 bridgehead atoms. The smallest absolute Gasteiger partial charge is 0.410 e. The first kappa shape index (κ1) is 23.7. The van der Waals surface area contributed by atoms with Gasteiger partial charge in [0.15, 0.2) is 5.82 Å². The Labute approximate surface area is 195 Å². The lowest BCUT2D eigenvalue weighted by atomic mass is 9.92. The molecule has 2 aromatic rings. The minimum absolute atomic E-state index is 0.0973. The van der Waals surface area contributed by atoms with Crippen LogP contribution in [0.15, 0.2) is 22.7 Å². The number of sulfonamides is 1. The summed E-state index contributed by atoms with van der Waals surface area (Å²) in [5.74, 6) is 1.70. The van der Waals surface area contributed by atoms with Crippen LogP contribution < -0.4 is 0 Å². The van der Waals surface area contributed by atoms with Gasteiger partial charge in [-0.3, -0.25) is 0 Å². The van der Waals surface area contributed by atoms with Crippen molar-refractivity contribution in [3.8, 4) is 11.5 Å². The summed E-state index contributed by atoms with van der Waals surface area (Å²) in [4.78, 5) is 18.4. The number of aromatic nitrogens is 2. The zero-order valence-corrected chi connectivity index (χ0v) is 20.3.